The van der Waals surface area contributed by atoms with Crippen molar-refractivity contribution in [3.8, 4) is 0 Å². The maximum absolute atomic E-state index is 11.7. The van der Waals surface area contributed by atoms with Gasteiger partial charge in [0.15, 0.2) is 6.61 Å². The molecule has 0 unspecified atom stereocenters. The lowest BCUT2D eigenvalue weighted by Crippen LogP contribution is -2.38. The summed E-state index contributed by atoms with van der Waals surface area (Å²) in [6, 6.07) is 0. The molecule has 0 aromatic heterocycles. The lowest BCUT2D eigenvalue weighted by Gasteiger charge is -2.19. The van der Waals surface area contributed by atoms with Gasteiger partial charge in [-0.3, -0.25) is 9.69 Å². The van der Waals surface area contributed by atoms with Crippen LogP contribution in [-0.4, -0.2) is 47.9 Å². The van der Waals surface area contributed by atoms with Gasteiger partial charge in [0, 0.05) is 6.54 Å². The van der Waals surface area contributed by atoms with E-state index in [1.165, 1.54) is 0 Å². The number of carboxylic acids is 1. The van der Waals surface area contributed by atoms with Crippen molar-refractivity contribution in [2.45, 2.75) is 19.5 Å². The average molecular weight is 243 g/mol. The molecule has 0 saturated heterocycles. The second-order valence-corrected chi connectivity index (χ2v) is 2.99. The highest BCUT2D eigenvalue weighted by atomic mass is 19.4. The molecule has 0 rings (SSSR count). The summed E-state index contributed by atoms with van der Waals surface area (Å²) in [5.41, 5.74) is 0. The minimum Gasteiger partial charge on any atom is -0.480 e. The molecule has 0 heterocycles. The summed E-state index contributed by atoms with van der Waals surface area (Å²) in [7, 11) is 0. The van der Waals surface area contributed by atoms with E-state index < -0.39 is 31.4 Å². The Labute approximate surface area is 89.8 Å². The quantitative estimate of drug-likeness (QED) is 0.794. The van der Waals surface area contributed by atoms with Gasteiger partial charge in [0.1, 0.15) is 6.54 Å². The van der Waals surface area contributed by atoms with Crippen molar-refractivity contribution < 1.29 is 32.6 Å². The lowest BCUT2D eigenvalue weighted by atomic mass is 10.4. The molecule has 94 valence electrons. The number of carbonyl (C=O) groups is 2. The molecule has 0 bridgehead atoms. The predicted molar refractivity (Wildman–Crippen MR) is 46.9 cm³/mol. The van der Waals surface area contributed by atoms with Crippen LogP contribution in [0.3, 0.4) is 0 Å². The number of carbonyl (C=O) groups excluding carboxylic acids is 1. The van der Waals surface area contributed by atoms with Crippen LogP contribution in [0.5, 0.6) is 0 Å². The van der Waals surface area contributed by atoms with Crippen LogP contribution in [0.1, 0.15) is 13.3 Å². The van der Waals surface area contributed by atoms with E-state index in [0.717, 1.165) is 0 Å². The molecule has 1 amide bonds. The smallest absolute Gasteiger partial charge is 0.422 e. The zero-order chi connectivity index (χ0) is 12.8. The van der Waals surface area contributed by atoms with E-state index in [1.54, 1.807) is 6.92 Å². The fraction of sp³-hybridized carbons (Fsp3) is 0.750. The number of ether oxygens (including phenoxy) is 1. The van der Waals surface area contributed by atoms with E-state index in [0.29, 0.717) is 11.3 Å². The summed E-state index contributed by atoms with van der Waals surface area (Å²) in [5, 5.41) is 8.42. The third-order valence-electron chi connectivity index (χ3n) is 1.44. The number of rotatable bonds is 5. The molecule has 8 heteroatoms. The molecule has 0 aliphatic rings. The molecular weight excluding hydrogens is 231 g/mol. The number of nitrogens with zero attached hydrogens (tertiary/aromatic N) is 1. The van der Waals surface area contributed by atoms with Gasteiger partial charge in [-0.25, -0.2) is 4.79 Å². The van der Waals surface area contributed by atoms with Crippen LogP contribution in [0, 0.1) is 0 Å². The standard InChI is InChI=1S/C8H12F3NO4/c1-2-3-12(4-6(13)14)7(15)16-5-8(9,10)11/h2-5H2,1H3,(H,13,14). The van der Waals surface area contributed by atoms with Gasteiger partial charge in [-0.2, -0.15) is 13.2 Å². The normalized spacial score (nSPS) is 11.0. The number of carboxylic acid groups (broad SMARTS) is 1. The molecule has 0 fully saturated rings. The highest BCUT2D eigenvalue weighted by molar-refractivity contribution is 5.76. The van der Waals surface area contributed by atoms with Crippen molar-refractivity contribution >= 4 is 12.1 Å². The minimum absolute atomic E-state index is 0.0307. The van der Waals surface area contributed by atoms with Crippen LogP contribution >= 0.6 is 0 Å². The molecule has 0 aliphatic carbocycles. The van der Waals surface area contributed by atoms with Gasteiger partial charge >= 0.3 is 18.2 Å². The second kappa shape index (κ2) is 6.19. The first-order valence-electron chi connectivity index (χ1n) is 4.46. The number of halogens is 3. The summed E-state index contributed by atoms with van der Waals surface area (Å²) in [4.78, 5) is 22.1. The van der Waals surface area contributed by atoms with Crippen LogP contribution in [-0.2, 0) is 9.53 Å². The highest BCUT2D eigenvalue weighted by Gasteiger charge is 2.31. The summed E-state index contributed by atoms with van der Waals surface area (Å²) >= 11 is 0. The Kier molecular flexibility index (Phi) is 5.62. The molecule has 0 aromatic rings. The van der Waals surface area contributed by atoms with Gasteiger partial charge in [0.25, 0.3) is 0 Å². The molecule has 5 nitrogen and oxygen atoms in total. The van der Waals surface area contributed by atoms with Crippen molar-refractivity contribution in [3.63, 3.8) is 0 Å². The Morgan fingerprint density at radius 2 is 1.94 bits per heavy atom. The Morgan fingerprint density at radius 1 is 1.38 bits per heavy atom. The Bertz CT molecular complexity index is 254. The average Bonchev–Trinajstić information content (AvgIpc) is 2.11. The predicted octanol–water partition coefficient (Wildman–Crippen LogP) is 1.48. The molecule has 16 heavy (non-hydrogen) atoms. The van der Waals surface area contributed by atoms with Crippen molar-refractivity contribution in [1.82, 2.24) is 4.90 Å². The number of amides is 1. The van der Waals surface area contributed by atoms with E-state index in [4.69, 9.17) is 5.11 Å². The topological polar surface area (TPSA) is 66.8 Å². The molecule has 0 aliphatic heterocycles. The Morgan fingerprint density at radius 3 is 2.31 bits per heavy atom. The van der Waals surface area contributed by atoms with Crippen molar-refractivity contribution in [2.75, 3.05) is 19.7 Å². The van der Waals surface area contributed by atoms with Crippen LogP contribution in [0.4, 0.5) is 18.0 Å². The van der Waals surface area contributed by atoms with Crippen LogP contribution < -0.4 is 0 Å². The van der Waals surface area contributed by atoms with Gasteiger partial charge in [0.2, 0.25) is 0 Å². The number of hydrogen-bond acceptors (Lipinski definition) is 3. The Hall–Kier alpha value is -1.47. The van der Waals surface area contributed by atoms with Gasteiger partial charge in [0.05, 0.1) is 0 Å². The van der Waals surface area contributed by atoms with Crippen molar-refractivity contribution in [1.29, 1.82) is 0 Å². The molecule has 0 atom stereocenters. The number of aliphatic carboxylic acids is 1. The third-order valence-corrected chi connectivity index (χ3v) is 1.44. The SMILES string of the molecule is CCCN(CC(=O)O)C(=O)OCC(F)(F)F. The van der Waals surface area contributed by atoms with E-state index in [2.05, 4.69) is 4.74 Å². The molecule has 1 N–H and O–H groups in total. The number of alkyl halides is 3. The fourth-order valence-corrected chi connectivity index (χ4v) is 0.903. The summed E-state index contributed by atoms with van der Waals surface area (Å²) < 4.78 is 39.1. The van der Waals surface area contributed by atoms with E-state index in [-0.39, 0.29) is 6.54 Å². The van der Waals surface area contributed by atoms with Crippen LogP contribution in [0.15, 0.2) is 0 Å². The lowest BCUT2D eigenvalue weighted by molar-refractivity contribution is -0.162. The molecule has 0 radical (unpaired) electrons. The summed E-state index contributed by atoms with van der Waals surface area (Å²) in [5.74, 6) is -1.31. The van der Waals surface area contributed by atoms with Gasteiger partial charge < -0.3 is 9.84 Å². The maximum Gasteiger partial charge on any atom is 0.422 e. The monoisotopic (exact) mass is 243 g/mol. The van der Waals surface area contributed by atoms with Crippen LogP contribution in [0.2, 0.25) is 0 Å². The summed E-state index contributed by atoms with van der Waals surface area (Å²) in [6.07, 6.45) is -5.47. The Balaban J connectivity index is 4.22. The molecule has 0 spiro atoms. The maximum atomic E-state index is 11.7. The molecule has 0 saturated carbocycles. The summed E-state index contributed by atoms with van der Waals surface area (Å²) in [6.45, 7) is -0.703. The van der Waals surface area contributed by atoms with Crippen molar-refractivity contribution in [2.24, 2.45) is 0 Å². The van der Waals surface area contributed by atoms with Crippen molar-refractivity contribution in [3.05, 3.63) is 0 Å². The van der Waals surface area contributed by atoms with Gasteiger partial charge in [-0.15, -0.1) is 0 Å². The zero-order valence-corrected chi connectivity index (χ0v) is 8.58. The zero-order valence-electron chi connectivity index (χ0n) is 8.58. The first-order valence-corrected chi connectivity index (χ1v) is 4.46. The first kappa shape index (κ1) is 14.5. The largest absolute Gasteiger partial charge is 0.480 e. The second-order valence-electron chi connectivity index (χ2n) is 2.99. The molecule has 0 aromatic carbocycles. The minimum atomic E-state index is -4.61. The van der Waals surface area contributed by atoms with Crippen LogP contribution in [0.25, 0.3) is 0 Å². The highest BCUT2D eigenvalue weighted by Crippen LogP contribution is 2.15. The van der Waals surface area contributed by atoms with E-state index in [9.17, 15) is 22.8 Å². The molecular formula is C8H12F3NO4. The number of hydrogen-bond donors (Lipinski definition) is 1. The van der Waals surface area contributed by atoms with Gasteiger partial charge in [-0.05, 0) is 6.42 Å². The van der Waals surface area contributed by atoms with E-state index in [1.807, 2.05) is 0 Å². The fourth-order valence-electron chi connectivity index (χ4n) is 0.903. The first-order chi connectivity index (χ1) is 7.26. The van der Waals surface area contributed by atoms with Gasteiger partial charge in [-0.1, -0.05) is 6.92 Å². The third kappa shape index (κ3) is 6.91. The van der Waals surface area contributed by atoms with E-state index >= 15 is 0 Å².